The number of benzene rings is 1. The Morgan fingerprint density at radius 3 is 2.48 bits per heavy atom. The maximum absolute atomic E-state index is 10.3. The van der Waals surface area contributed by atoms with Gasteiger partial charge in [-0.15, -0.1) is 0 Å². The first-order valence-corrected chi connectivity index (χ1v) is 8.33. The quantitative estimate of drug-likeness (QED) is 0.877. The van der Waals surface area contributed by atoms with E-state index in [4.69, 9.17) is 17.3 Å². The van der Waals surface area contributed by atoms with Crippen LogP contribution in [0.5, 0.6) is 0 Å². The molecule has 1 aliphatic carbocycles. The molecular formula is C17H27ClN2O. The Balaban J connectivity index is 2.24. The van der Waals surface area contributed by atoms with Crippen molar-refractivity contribution in [3.8, 4) is 0 Å². The Labute approximate surface area is 133 Å². The van der Waals surface area contributed by atoms with Crippen LogP contribution in [-0.2, 0) is 0 Å². The first-order chi connectivity index (χ1) is 10.0. The van der Waals surface area contributed by atoms with E-state index in [2.05, 4.69) is 18.9 Å². The van der Waals surface area contributed by atoms with Crippen molar-refractivity contribution < 1.29 is 5.11 Å². The van der Waals surface area contributed by atoms with Crippen LogP contribution < -0.4 is 5.73 Å². The molecule has 3 nitrogen and oxygen atoms in total. The Bertz CT molecular complexity index is 437. The monoisotopic (exact) mass is 310 g/mol. The summed E-state index contributed by atoms with van der Waals surface area (Å²) in [5.41, 5.74) is 7.56. The summed E-state index contributed by atoms with van der Waals surface area (Å²) in [4.78, 5) is 2.28. The van der Waals surface area contributed by atoms with Gasteiger partial charge in [0, 0.05) is 23.1 Å². The molecule has 4 heteroatoms. The number of likely N-dealkylation sites (N-methyl/N-ethyl adjacent to an activating group) is 1. The smallest absolute Gasteiger partial charge is 0.0695 e. The van der Waals surface area contributed by atoms with Gasteiger partial charge in [-0.05, 0) is 44.0 Å². The van der Waals surface area contributed by atoms with E-state index < -0.39 is 0 Å². The third-order valence-corrected chi connectivity index (χ3v) is 5.00. The van der Waals surface area contributed by atoms with Crippen molar-refractivity contribution in [3.63, 3.8) is 0 Å². The predicted molar refractivity (Wildman–Crippen MR) is 88.5 cm³/mol. The van der Waals surface area contributed by atoms with Crippen LogP contribution in [0.15, 0.2) is 24.3 Å². The summed E-state index contributed by atoms with van der Waals surface area (Å²) in [5.74, 6) is 0. The van der Waals surface area contributed by atoms with E-state index in [1.165, 1.54) is 12.0 Å². The molecule has 0 spiro atoms. The highest BCUT2D eigenvalue weighted by atomic mass is 35.5. The molecule has 0 aliphatic heterocycles. The molecule has 1 aliphatic rings. The average Bonchev–Trinajstić information content (AvgIpc) is 2.49. The van der Waals surface area contributed by atoms with E-state index in [0.29, 0.717) is 0 Å². The van der Waals surface area contributed by atoms with E-state index in [1.807, 2.05) is 24.3 Å². The zero-order valence-corrected chi connectivity index (χ0v) is 13.8. The molecule has 0 bridgehead atoms. The van der Waals surface area contributed by atoms with Gasteiger partial charge in [0.2, 0.25) is 0 Å². The molecule has 1 aromatic carbocycles. The number of aliphatic hydroxyl groups is 1. The Morgan fingerprint density at radius 2 is 1.90 bits per heavy atom. The maximum atomic E-state index is 10.3. The fraction of sp³-hybridized carbons (Fsp3) is 0.647. The van der Waals surface area contributed by atoms with Crippen LogP contribution in [0.1, 0.15) is 50.6 Å². The van der Waals surface area contributed by atoms with Gasteiger partial charge in [0.05, 0.1) is 6.10 Å². The molecule has 4 unspecified atom stereocenters. The van der Waals surface area contributed by atoms with Gasteiger partial charge in [-0.1, -0.05) is 43.5 Å². The number of hydrogen-bond donors (Lipinski definition) is 2. The lowest BCUT2D eigenvalue weighted by molar-refractivity contribution is 0.00644. The van der Waals surface area contributed by atoms with Crippen molar-refractivity contribution in [3.05, 3.63) is 34.9 Å². The Hall–Kier alpha value is -0.610. The summed E-state index contributed by atoms with van der Waals surface area (Å²) in [6, 6.07) is 8.28. The fourth-order valence-corrected chi connectivity index (χ4v) is 3.57. The highest BCUT2D eigenvalue weighted by Crippen LogP contribution is 2.32. The molecule has 0 saturated heterocycles. The summed E-state index contributed by atoms with van der Waals surface area (Å²) in [6.07, 6.45) is 4.89. The first-order valence-electron chi connectivity index (χ1n) is 7.95. The largest absolute Gasteiger partial charge is 0.391 e. The molecule has 118 valence electrons. The molecule has 21 heavy (non-hydrogen) atoms. The number of rotatable bonds is 5. The third kappa shape index (κ3) is 3.98. The van der Waals surface area contributed by atoms with Gasteiger partial charge < -0.3 is 10.8 Å². The number of nitrogens with zero attached hydrogens (tertiary/aromatic N) is 1. The summed E-state index contributed by atoms with van der Waals surface area (Å²) in [6.45, 7) is 2.11. The molecule has 0 radical (unpaired) electrons. The van der Waals surface area contributed by atoms with E-state index >= 15 is 0 Å². The highest BCUT2D eigenvalue weighted by molar-refractivity contribution is 6.30. The van der Waals surface area contributed by atoms with E-state index in [0.717, 1.165) is 30.7 Å². The van der Waals surface area contributed by atoms with Crippen molar-refractivity contribution in [1.82, 2.24) is 4.90 Å². The van der Waals surface area contributed by atoms with Crippen LogP contribution in [0.25, 0.3) is 0 Å². The van der Waals surface area contributed by atoms with Crippen molar-refractivity contribution in [1.29, 1.82) is 0 Å². The van der Waals surface area contributed by atoms with Crippen molar-refractivity contribution >= 4 is 11.6 Å². The lowest BCUT2D eigenvalue weighted by Crippen LogP contribution is -2.49. The Kier molecular flexibility index (Phi) is 6.06. The van der Waals surface area contributed by atoms with Crippen LogP contribution in [0.4, 0.5) is 0 Å². The van der Waals surface area contributed by atoms with E-state index in [-0.39, 0.29) is 24.2 Å². The van der Waals surface area contributed by atoms with Crippen LogP contribution in [0.2, 0.25) is 5.02 Å². The third-order valence-electron chi connectivity index (χ3n) is 4.74. The molecule has 1 aromatic rings. The number of aliphatic hydroxyl groups excluding tert-OH is 1. The molecule has 4 atom stereocenters. The molecule has 3 N–H and O–H groups in total. The van der Waals surface area contributed by atoms with Gasteiger partial charge in [0.1, 0.15) is 0 Å². The zero-order valence-electron chi connectivity index (χ0n) is 13.0. The van der Waals surface area contributed by atoms with Crippen LogP contribution in [-0.4, -0.2) is 35.2 Å². The lowest BCUT2D eigenvalue weighted by Gasteiger charge is -2.42. The van der Waals surface area contributed by atoms with Crippen molar-refractivity contribution in [2.75, 3.05) is 7.05 Å². The second kappa shape index (κ2) is 7.59. The minimum atomic E-state index is -0.248. The summed E-state index contributed by atoms with van der Waals surface area (Å²) in [7, 11) is 2.09. The minimum Gasteiger partial charge on any atom is -0.391 e. The molecule has 0 amide bonds. The van der Waals surface area contributed by atoms with Gasteiger partial charge >= 0.3 is 0 Å². The SMILES string of the molecule is CCC(N)C(c1ccc(Cl)cc1)N(C)C1CCCCC1O. The van der Waals surface area contributed by atoms with Crippen LogP contribution in [0.3, 0.4) is 0 Å². The van der Waals surface area contributed by atoms with Gasteiger partial charge in [-0.25, -0.2) is 0 Å². The fourth-order valence-electron chi connectivity index (χ4n) is 3.44. The van der Waals surface area contributed by atoms with Crippen LogP contribution >= 0.6 is 11.6 Å². The number of hydrogen-bond acceptors (Lipinski definition) is 3. The predicted octanol–water partition coefficient (Wildman–Crippen LogP) is 3.35. The number of halogens is 1. The molecule has 0 heterocycles. The van der Waals surface area contributed by atoms with Gasteiger partial charge in [-0.3, -0.25) is 4.90 Å². The minimum absolute atomic E-state index is 0.0466. The summed E-state index contributed by atoms with van der Waals surface area (Å²) in [5, 5.41) is 11.1. The molecule has 0 aromatic heterocycles. The lowest BCUT2D eigenvalue weighted by atomic mass is 9.88. The highest BCUT2D eigenvalue weighted by Gasteiger charge is 2.33. The Morgan fingerprint density at radius 1 is 1.29 bits per heavy atom. The molecule has 2 rings (SSSR count). The van der Waals surface area contributed by atoms with Gasteiger partial charge in [0.25, 0.3) is 0 Å². The normalized spacial score (nSPS) is 25.8. The van der Waals surface area contributed by atoms with E-state index in [1.54, 1.807) is 0 Å². The van der Waals surface area contributed by atoms with E-state index in [9.17, 15) is 5.11 Å². The molecular weight excluding hydrogens is 284 g/mol. The molecule has 1 saturated carbocycles. The second-order valence-electron chi connectivity index (χ2n) is 6.15. The second-order valence-corrected chi connectivity index (χ2v) is 6.59. The summed E-state index contributed by atoms with van der Waals surface area (Å²) < 4.78 is 0. The van der Waals surface area contributed by atoms with Crippen molar-refractivity contribution in [2.45, 2.75) is 63.3 Å². The van der Waals surface area contributed by atoms with Gasteiger partial charge in [0.15, 0.2) is 0 Å². The first kappa shape index (κ1) is 16.8. The average molecular weight is 311 g/mol. The maximum Gasteiger partial charge on any atom is 0.0695 e. The topological polar surface area (TPSA) is 49.5 Å². The van der Waals surface area contributed by atoms with Gasteiger partial charge in [-0.2, -0.15) is 0 Å². The van der Waals surface area contributed by atoms with Crippen LogP contribution in [0, 0.1) is 0 Å². The molecule has 1 fully saturated rings. The van der Waals surface area contributed by atoms with Crippen molar-refractivity contribution in [2.24, 2.45) is 5.73 Å². The number of nitrogens with two attached hydrogens (primary N) is 1. The standard InChI is InChI=1S/C17H27ClN2O/c1-3-14(19)17(12-8-10-13(18)11-9-12)20(2)15-6-4-5-7-16(15)21/h8-11,14-17,21H,3-7,19H2,1-2H3. The summed E-state index contributed by atoms with van der Waals surface area (Å²) >= 11 is 6.00. The zero-order chi connectivity index (χ0) is 15.4.